The molecule has 2 saturated carbocycles. The normalized spacial score (nSPS) is 18.5. The van der Waals surface area contributed by atoms with Crippen LogP contribution in [-0.4, -0.2) is 39.4 Å². The van der Waals surface area contributed by atoms with E-state index in [0.29, 0.717) is 25.2 Å². The van der Waals surface area contributed by atoms with E-state index in [2.05, 4.69) is 42.7 Å². The zero-order valence-electron chi connectivity index (χ0n) is 16.4. The molecule has 1 aromatic rings. The highest BCUT2D eigenvalue weighted by molar-refractivity contribution is 5.79. The van der Waals surface area contributed by atoms with Crippen LogP contribution in [0.1, 0.15) is 43.7 Å². The predicted molar refractivity (Wildman–Crippen MR) is 106 cm³/mol. The highest BCUT2D eigenvalue weighted by Gasteiger charge is 2.53. The average Bonchev–Trinajstić information content (AvgIpc) is 3.52. The van der Waals surface area contributed by atoms with Gasteiger partial charge in [0.15, 0.2) is 5.96 Å². The van der Waals surface area contributed by atoms with Crippen molar-refractivity contribution in [3.05, 3.63) is 29.3 Å². The van der Waals surface area contributed by atoms with Crippen LogP contribution in [0, 0.1) is 18.3 Å². The lowest BCUT2D eigenvalue weighted by molar-refractivity contribution is 0.145. The van der Waals surface area contributed by atoms with Gasteiger partial charge in [-0.1, -0.05) is 12.1 Å². The Balaban J connectivity index is 1.61. The second-order valence-corrected chi connectivity index (χ2v) is 7.64. The van der Waals surface area contributed by atoms with E-state index < -0.39 is 0 Å². The Morgan fingerprint density at radius 1 is 1.23 bits per heavy atom. The molecule has 1 aromatic carbocycles. The van der Waals surface area contributed by atoms with E-state index in [9.17, 15) is 0 Å². The molecule has 5 nitrogen and oxygen atoms in total. The number of nitrogens with one attached hydrogen (secondary N) is 2. The van der Waals surface area contributed by atoms with Crippen LogP contribution in [-0.2, 0) is 11.3 Å². The fraction of sp³-hybridized carbons (Fsp3) is 0.667. The fourth-order valence-electron chi connectivity index (χ4n) is 3.51. The van der Waals surface area contributed by atoms with Crippen LogP contribution in [0.25, 0.3) is 0 Å². The summed E-state index contributed by atoms with van der Waals surface area (Å²) in [5.41, 5.74) is 2.86. The first kappa shape index (κ1) is 19.0. The van der Waals surface area contributed by atoms with Gasteiger partial charge < -0.3 is 20.1 Å². The standard InChI is InChI=1S/C21H33N3O2/c1-4-22-20(24-15-21(9-10-21)18-7-8-18)23-14-17-6-5-16(2)13-19(17)26-12-11-25-3/h5-6,13,18H,4,7-12,14-15H2,1-3H3,(H2,22,23,24). The summed E-state index contributed by atoms with van der Waals surface area (Å²) in [5, 5.41) is 6.95. The van der Waals surface area contributed by atoms with Crippen molar-refractivity contribution >= 4 is 5.96 Å². The number of ether oxygens (including phenoxy) is 2. The summed E-state index contributed by atoms with van der Waals surface area (Å²) in [6.07, 6.45) is 5.58. The first-order valence-electron chi connectivity index (χ1n) is 9.90. The van der Waals surface area contributed by atoms with Gasteiger partial charge in [0, 0.05) is 25.8 Å². The molecule has 2 fully saturated rings. The quantitative estimate of drug-likeness (QED) is 0.382. The number of nitrogens with zero attached hydrogens (tertiary/aromatic N) is 1. The van der Waals surface area contributed by atoms with Gasteiger partial charge in [-0.05, 0) is 62.5 Å². The number of hydrogen-bond donors (Lipinski definition) is 2. The van der Waals surface area contributed by atoms with E-state index in [4.69, 9.17) is 14.5 Å². The Kier molecular flexibility index (Phi) is 6.41. The van der Waals surface area contributed by atoms with Crippen molar-refractivity contribution in [3.63, 3.8) is 0 Å². The first-order valence-corrected chi connectivity index (χ1v) is 9.90. The van der Waals surface area contributed by atoms with Crippen LogP contribution >= 0.6 is 0 Å². The van der Waals surface area contributed by atoms with Crippen molar-refractivity contribution in [1.29, 1.82) is 0 Å². The van der Waals surface area contributed by atoms with E-state index in [-0.39, 0.29) is 0 Å². The average molecular weight is 360 g/mol. The fourth-order valence-corrected chi connectivity index (χ4v) is 3.51. The van der Waals surface area contributed by atoms with Crippen LogP contribution in [0.3, 0.4) is 0 Å². The second-order valence-electron chi connectivity index (χ2n) is 7.64. The Morgan fingerprint density at radius 2 is 2.04 bits per heavy atom. The molecule has 0 saturated heterocycles. The van der Waals surface area contributed by atoms with Gasteiger partial charge in [-0.2, -0.15) is 0 Å². The number of hydrogen-bond acceptors (Lipinski definition) is 3. The minimum Gasteiger partial charge on any atom is -0.491 e. The van der Waals surface area contributed by atoms with E-state index in [0.717, 1.165) is 36.3 Å². The van der Waals surface area contributed by atoms with Gasteiger partial charge in [-0.3, -0.25) is 0 Å². The molecule has 2 N–H and O–H groups in total. The summed E-state index contributed by atoms with van der Waals surface area (Å²) in [6.45, 7) is 7.85. The van der Waals surface area contributed by atoms with Gasteiger partial charge in [0.1, 0.15) is 12.4 Å². The first-order chi connectivity index (χ1) is 12.7. The topological polar surface area (TPSA) is 54.9 Å². The highest BCUT2D eigenvalue weighted by Crippen LogP contribution is 2.60. The highest BCUT2D eigenvalue weighted by atomic mass is 16.5. The zero-order valence-corrected chi connectivity index (χ0v) is 16.4. The van der Waals surface area contributed by atoms with E-state index in [1.807, 2.05) is 0 Å². The molecule has 0 amide bonds. The molecule has 0 bridgehead atoms. The van der Waals surface area contributed by atoms with Crippen molar-refractivity contribution in [2.45, 2.75) is 46.1 Å². The minimum atomic E-state index is 0.554. The van der Waals surface area contributed by atoms with Crippen LogP contribution in [0.5, 0.6) is 5.75 Å². The Bertz CT molecular complexity index is 622. The summed E-state index contributed by atoms with van der Waals surface area (Å²) in [7, 11) is 1.69. The summed E-state index contributed by atoms with van der Waals surface area (Å²) < 4.78 is 11.0. The third kappa shape index (κ3) is 5.13. The molecule has 0 aliphatic heterocycles. The van der Waals surface area contributed by atoms with Crippen molar-refractivity contribution in [3.8, 4) is 5.75 Å². The zero-order chi connectivity index (χ0) is 18.4. The lowest BCUT2D eigenvalue weighted by atomic mass is 10.0. The number of rotatable bonds is 10. The third-order valence-electron chi connectivity index (χ3n) is 5.46. The van der Waals surface area contributed by atoms with E-state index in [1.54, 1.807) is 7.11 Å². The molecular weight excluding hydrogens is 326 g/mol. The molecule has 0 heterocycles. The summed E-state index contributed by atoms with van der Waals surface area (Å²) in [6, 6.07) is 6.30. The molecule has 2 aliphatic carbocycles. The number of methoxy groups -OCH3 is 1. The monoisotopic (exact) mass is 359 g/mol. The lowest BCUT2D eigenvalue weighted by Gasteiger charge is -2.18. The van der Waals surface area contributed by atoms with Gasteiger partial charge in [0.05, 0.1) is 13.2 Å². The van der Waals surface area contributed by atoms with Gasteiger partial charge in [0.25, 0.3) is 0 Å². The Morgan fingerprint density at radius 3 is 2.69 bits per heavy atom. The Hall–Kier alpha value is -1.75. The summed E-state index contributed by atoms with van der Waals surface area (Å²) >= 11 is 0. The van der Waals surface area contributed by atoms with Gasteiger partial charge in [-0.15, -0.1) is 0 Å². The Labute approximate surface area is 157 Å². The lowest BCUT2D eigenvalue weighted by Crippen LogP contribution is -2.40. The maximum atomic E-state index is 5.88. The largest absolute Gasteiger partial charge is 0.491 e. The van der Waals surface area contributed by atoms with Gasteiger partial charge >= 0.3 is 0 Å². The summed E-state index contributed by atoms with van der Waals surface area (Å²) in [5.74, 6) is 2.76. The van der Waals surface area contributed by atoms with Gasteiger partial charge in [-0.25, -0.2) is 4.99 Å². The second kappa shape index (κ2) is 8.76. The van der Waals surface area contributed by atoms with Crippen molar-refractivity contribution in [2.75, 3.05) is 33.4 Å². The van der Waals surface area contributed by atoms with Crippen molar-refractivity contribution in [2.24, 2.45) is 16.3 Å². The molecule has 26 heavy (non-hydrogen) atoms. The van der Waals surface area contributed by atoms with Crippen LogP contribution in [0.2, 0.25) is 0 Å². The predicted octanol–water partition coefficient (Wildman–Crippen LogP) is 3.27. The molecule has 3 rings (SSSR count). The molecule has 144 valence electrons. The molecule has 0 spiro atoms. The van der Waals surface area contributed by atoms with Crippen LogP contribution < -0.4 is 15.4 Å². The SMILES string of the molecule is CCNC(=NCc1ccc(C)cc1OCCOC)NCC1(C2CC2)CC1. The molecule has 0 atom stereocenters. The molecule has 0 aromatic heterocycles. The molecule has 0 unspecified atom stereocenters. The maximum absolute atomic E-state index is 5.88. The van der Waals surface area contributed by atoms with Crippen LogP contribution in [0.4, 0.5) is 0 Å². The van der Waals surface area contributed by atoms with E-state index >= 15 is 0 Å². The molecule has 2 aliphatic rings. The van der Waals surface area contributed by atoms with Crippen LogP contribution in [0.15, 0.2) is 23.2 Å². The van der Waals surface area contributed by atoms with Gasteiger partial charge in [0.2, 0.25) is 0 Å². The number of guanidine groups is 1. The maximum Gasteiger partial charge on any atom is 0.191 e. The number of aliphatic imine (C=N–C) groups is 1. The van der Waals surface area contributed by atoms with Crippen molar-refractivity contribution in [1.82, 2.24) is 10.6 Å². The number of benzene rings is 1. The van der Waals surface area contributed by atoms with E-state index in [1.165, 1.54) is 31.2 Å². The third-order valence-corrected chi connectivity index (χ3v) is 5.46. The van der Waals surface area contributed by atoms with Crippen molar-refractivity contribution < 1.29 is 9.47 Å². The summed E-state index contributed by atoms with van der Waals surface area (Å²) in [4.78, 5) is 4.80. The molecule has 5 heteroatoms. The smallest absolute Gasteiger partial charge is 0.191 e. The molecular formula is C21H33N3O2. The minimum absolute atomic E-state index is 0.554. The molecule has 0 radical (unpaired) electrons. The number of aryl methyl sites for hydroxylation is 1.